The number of para-hydroxylation sites is 1. The van der Waals surface area contributed by atoms with Crippen LogP contribution in [0.3, 0.4) is 0 Å². The van der Waals surface area contributed by atoms with Crippen molar-refractivity contribution in [2.75, 3.05) is 13.2 Å². The zero-order chi connectivity index (χ0) is 15.2. The zero-order valence-electron chi connectivity index (χ0n) is 12.2. The Hall–Kier alpha value is -2.30. The molecule has 0 aliphatic rings. The van der Waals surface area contributed by atoms with Gasteiger partial charge in [0, 0.05) is 18.7 Å². The molecule has 1 heterocycles. The summed E-state index contributed by atoms with van der Waals surface area (Å²) in [5, 5.41) is 0.822. The Kier molecular flexibility index (Phi) is 4.98. The average Bonchev–Trinajstić information content (AvgIpc) is 2.89. The van der Waals surface area contributed by atoms with Crippen molar-refractivity contribution in [3.05, 3.63) is 30.0 Å². The second-order valence-corrected chi connectivity index (χ2v) is 4.60. The molecule has 0 bridgehead atoms. The van der Waals surface area contributed by atoms with Gasteiger partial charge in [0.05, 0.1) is 13.2 Å². The highest BCUT2D eigenvalue weighted by Crippen LogP contribution is 2.29. The first-order chi connectivity index (χ1) is 10.1. The summed E-state index contributed by atoms with van der Waals surface area (Å²) in [6.07, 6.45) is 0.885. The van der Waals surface area contributed by atoms with Crippen LogP contribution in [0.4, 0.5) is 0 Å². The third-order valence-electron chi connectivity index (χ3n) is 2.94. The Morgan fingerprint density at radius 3 is 2.81 bits per heavy atom. The lowest BCUT2D eigenvalue weighted by Gasteiger charge is -2.06. The van der Waals surface area contributed by atoms with E-state index < -0.39 is 0 Å². The molecule has 21 heavy (non-hydrogen) atoms. The Balaban J connectivity index is 1.98. The Labute approximate surface area is 122 Å². The van der Waals surface area contributed by atoms with Gasteiger partial charge in [0.15, 0.2) is 22.9 Å². The first-order valence-electron chi connectivity index (χ1n) is 6.93. The molecule has 0 amide bonds. The van der Waals surface area contributed by atoms with Gasteiger partial charge in [0.25, 0.3) is 0 Å². The summed E-state index contributed by atoms with van der Waals surface area (Å²) in [7, 11) is 0. The van der Waals surface area contributed by atoms with E-state index >= 15 is 0 Å². The molecule has 1 aromatic heterocycles. The highest BCUT2D eigenvalue weighted by atomic mass is 16.5. The highest BCUT2D eigenvalue weighted by Gasteiger charge is 2.12. The fourth-order valence-electron chi connectivity index (χ4n) is 1.96. The normalized spacial score (nSPS) is 10.6. The summed E-state index contributed by atoms with van der Waals surface area (Å²) in [6.45, 7) is 4.00. The Morgan fingerprint density at radius 2 is 2.10 bits per heavy atom. The molecule has 0 N–H and O–H groups in total. The minimum Gasteiger partial charge on any atom is -0.490 e. The van der Waals surface area contributed by atoms with Crippen LogP contribution in [0.15, 0.2) is 28.7 Å². The van der Waals surface area contributed by atoms with Gasteiger partial charge in [-0.1, -0.05) is 12.1 Å². The number of carbonyl (C=O) groups is 2. The van der Waals surface area contributed by atoms with Crippen molar-refractivity contribution < 1.29 is 23.5 Å². The lowest BCUT2D eigenvalue weighted by Crippen LogP contribution is -2.06. The monoisotopic (exact) mass is 290 g/mol. The molecule has 0 saturated carbocycles. The molecule has 0 fully saturated rings. The minimum absolute atomic E-state index is 0.125. The molecular weight excluding hydrogens is 272 g/mol. The maximum atomic E-state index is 11.3. The summed E-state index contributed by atoms with van der Waals surface area (Å²) in [6, 6.07) is 7.17. The molecule has 2 aromatic rings. The van der Waals surface area contributed by atoms with Crippen molar-refractivity contribution in [3.8, 4) is 5.75 Å². The average molecular weight is 290 g/mol. The number of benzene rings is 1. The molecule has 0 aliphatic heterocycles. The van der Waals surface area contributed by atoms with E-state index in [1.54, 1.807) is 19.1 Å². The fraction of sp³-hybridized carbons (Fsp3) is 0.375. The SMILES string of the molecule is CCOC(=O)CCCOc1cccc2cc(C(C)=O)oc12. The van der Waals surface area contributed by atoms with Crippen molar-refractivity contribution >= 4 is 22.7 Å². The van der Waals surface area contributed by atoms with Crippen LogP contribution in [0, 0.1) is 0 Å². The van der Waals surface area contributed by atoms with Crippen molar-refractivity contribution in [2.24, 2.45) is 0 Å². The van der Waals surface area contributed by atoms with Gasteiger partial charge in [-0.2, -0.15) is 0 Å². The summed E-state index contributed by atoms with van der Waals surface area (Å²) >= 11 is 0. The molecule has 0 radical (unpaired) electrons. The van der Waals surface area contributed by atoms with Crippen LogP contribution in [-0.4, -0.2) is 25.0 Å². The van der Waals surface area contributed by atoms with Crippen molar-refractivity contribution in [1.82, 2.24) is 0 Å². The number of hydrogen-bond donors (Lipinski definition) is 0. The third-order valence-corrected chi connectivity index (χ3v) is 2.94. The number of rotatable bonds is 7. The lowest BCUT2D eigenvalue weighted by molar-refractivity contribution is -0.143. The van der Waals surface area contributed by atoms with Gasteiger partial charge in [-0.3, -0.25) is 9.59 Å². The van der Waals surface area contributed by atoms with Gasteiger partial charge in [0.2, 0.25) is 0 Å². The second-order valence-electron chi connectivity index (χ2n) is 4.60. The topological polar surface area (TPSA) is 65.7 Å². The minimum atomic E-state index is -0.226. The van der Waals surface area contributed by atoms with Crippen LogP contribution in [-0.2, 0) is 9.53 Å². The van der Waals surface area contributed by atoms with E-state index in [4.69, 9.17) is 13.9 Å². The van der Waals surface area contributed by atoms with Crippen LogP contribution in [0.25, 0.3) is 11.0 Å². The van der Waals surface area contributed by atoms with Crippen molar-refractivity contribution in [2.45, 2.75) is 26.7 Å². The van der Waals surface area contributed by atoms with E-state index in [0.29, 0.717) is 43.1 Å². The van der Waals surface area contributed by atoms with Crippen LogP contribution in [0.1, 0.15) is 37.2 Å². The predicted octanol–water partition coefficient (Wildman–Crippen LogP) is 3.36. The van der Waals surface area contributed by atoms with Gasteiger partial charge < -0.3 is 13.9 Å². The fourth-order valence-corrected chi connectivity index (χ4v) is 1.96. The maximum absolute atomic E-state index is 11.3. The second kappa shape index (κ2) is 6.92. The van der Waals surface area contributed by atoms with Crippen molar-refractivity contribution in [3.63, 3.8) is 0 Å². The number of Topliss-reactive ketones (excluding diaryl/α,β-unsaturated/α-hetero) is 1. The largest absolute Gasteiger partial charge is 0.490 e. The molecule has 112 valence electrons. The van der Waals surface area contributed by atoms with Gasteiger partial charge >= 0.3 is 5.97 Å². The zero-order valence-corrected chi connectivity index (χ0v) is 12.2. The molecular formula is C16H18O5. The molecule has 5 nitrogen and oxygen atoms in total. The Bertz CT molecular complexity index is 641. The van der Waals surface area contributed by atoms with Crippen LogP contribution < -0.4 is 4.74 Å². The standard InChI is InChI=1S/C16H18O5/c1-3-19-15(18)8-5-9-20-13-7-4-6-12-10-14(11(2)17)21-16(12)13/h4,6-7,10H,3,5,8-9H2,1-2H3. The van der Waals surface area contributed by atoms with Gasteiger partial charge in [-0.25, -0.2) is 0 Å². The number of hydrogen-bond acceptors (Lipinski definition) is 5. The van der Waals surface area contributed by atoms with E-state index in [2.05, 4.69) is 0 Å². The first-order valence-corrected chi connectivity index (χ1v) is 6.93. The molecule has 0 spiro atoms. The summed E-state index contributed by atoms with van der Waals surface area (Å²) < 4.78 is 16.0. The number of carbonyl (C=O) groups excluding carboxylic acids is 2. The number of esters is 1. The predicted molar refractivity (Wildman–Crippen MR) is 77.6 cm³/mol. The quantitative estimate of drug-likeness (QED) is 0.444. The van der Waals surface area contributed by atoms with E-state index in [1.165, 1.54) is 6.92 Å². The molecule has 0 saturated heterocycles. The van der Waals surface area contributed by atoms with Gasteiger partial charge in [-0.05, 0) is 25.5 Å². The third kappa shape index (κ3) is 3.84. The number of fused-ring (bicyclic) bond motifs is 1. The molecule has 2 rings (SSSR count). The van der Waals surface area contributed by atoms with E-state index in [0.717, 1.165) is 5.39 Å². The van der Waals surface area contributed by atoms with E-state index in [9.17, 15) is 9.59 Å². The van der Waals surface area contributed by atoms with E-state index in [1.807, 2.05) is 12.1 Å². The number of ether oxygens (including phenoxy) is 2. The smallest absolute Gasteiger partial charge is 0.305 e. The first kappa shape index (κ1) is 15.1. The van der Waals surface area contributed by atoms with Crippen LogP contribution in [0.2, 0.25) is 0 Å². The van der Waals surface area contributed by atoms with Crippen molar-refractivity contribution in [1.29, 1.82) is 0 Å². The van der Waals surface area contributed by atoms with Gasteiger partial charge in [0.1, 0.15) is 0 Å². The molecule has 0 aliphatic carbocycles. The number of ketones is 1. The molecule has 0 atom stereocenters. The molecule has 0 unspecified atom stereocenters. The lowest BCUT2D eigenvalue weighted by atomic mass is 10.2. The van der Waals surface area contributed by atoms with Crippen LogP contribution in [0.5, 0.6) is 5.75 Å². The number of furan rings is 1. The summed E-state index contributed by atoms with van der Waals surface area (Å²) in [5.41, 5.74) is 0.554. The molecule has 5 heteroatoms. The maximum Gasteiger partial charge on any atom is 0.305 e. The van der Waals surface area contributed by atoms with Gasteiger partial charge in [-0.15, -0.1) is 0 Å². The Morgan fingerprint density at radius 1 is 1.29 bits per heavy atom. The summed E-state index contributed by atoms with van der Waals surface area (Å²) in [4.78, 5) is 22.5. The highest BCUT2D eigenvalue weighted by molar-refractivity contribution is 5.97. The van der Waals surface area contributed by atoms with E-state index in [-0.39, 0.29) is 11.8 Å². The summed E-state index contributed by atoms with van der Waals surface area (Å²) in [5.74, 6) is 0.534. The molecule has 1 aromatic carbocycles. The van der Waals surface area contributed by atoms with Crippen LogP contribution >= 0.6 is 0 Å².